The van der Waals surface area contributed by atoms with Gasteiger partial charge in [0.25, 0.3) is 0 Å². The van der Waals surface area contributed by atoms with Gasteiger partial charge < -0.3 is 0 Å². The molecule has 0 aliphatic carbocycles. The number of hydrogen-bond donors (Lipinski definition) is 1. The number of nitrogens with zero attached hydrogens (tertiary/aromatic N) is 4. The Labute approximate surface area is 69.1 Å². The zero-order valence-electron chi connectivity index (χ0n) is 6.25. The average Bonchev–Trinajstić information content (AvgIpc) is 2.59. The lowest BCUT2D eigenvalue weighted by molar-refractivity contribution is 0.801. The number of aromatic nitrogens is 4. The van der Waals surface area contributed by atoms with E-state index in [1.807, 2.05) is 12.1 Å². The minimum Gasteiger partial charge on any atom is -0.277 e. The summed E-state index contributed by atoms with van der Waals surface area (Å²) < 4.78 is 0. The average molecular weight is 161 g/mol. The second kappa shape index (κ2) is 3.00. The van der Waals surface area contributed by atoms with Gasteiger partial charge in [-0.1, -0.05) is 0 Å². The molecule has 0 unspecified atom stereocenters. The van der Waals surface area contributed by atoms with Gasteiger partial charge in [-0.05, 0) is 12.1 Å². The predicted octanol–water partition coefficient (Wildman–Crippen LogP) is 0.548. The van der Waals surface area contributed by atoms with E-state index in [0.717, 1.165) is 5.69 Å². The van der Waals surface area contributed by atoms with Crippen LogP contribution in [0.3, 0.4) is 0 Å². The van der Waals surface area contributed by atoms with Gasteiger partial charge in [0, 0.05) is 12.4 Å². The van der Waals surface area contributed by atoms with Crippen LogP contribution >= 0.6 is 0 Å². The second-order valence-electron chi connectivity index (χ2n) is 2.19. The smallest absolute Gasteiger partial charge is 0.139 e. The zero-order chi connectivity index (χ0) is 8.23. The van der Waals surface area contributed by atoms with Crippen LogP contribution in [0.1, 0.15) is 0 Å². The van der Waals surface area contributed by atoms with Crippen LogP contribution in [0.15, 0.2) is 37.2 Å². The summed E-state index contributed by atoms with van der Waals surface area (Å²) in [5.41, 5.74) is 3.91. The summed E-state index contributed by atoms with van der Waals surface area (Å²) in [6.07, 6.45) is 6.47. The maximum Gasteiger partial charge on any atom is 0.139 e. The Kier molecular flexibility index (Phi) is 1.69. The van der Waals surface area contributed by atoms with E-state index >= 15 is 0 Å². The van der Waals surface area contributed by atoms with Crippen molar-refractivity contribution >= 4 is 5.69 Å². The lowest BCUT2D eigenvalue weighted by Crippen LogP contribution is -2.08. The Morgan fingerprint density at radius 2 is 2.00 bits per heavy atom. The molecule has 2 heterocycles. The number of anilines is 1. The molecule has 5 heteroatoms. The summed E-state index contributed by atoms with van der Waals surface area (Å²) in [6.45, 7) is 0. The standard InChI is InChI=1S/C7H7N5/c1-3-8-4-2-7(1)11-12-6-9-5-10-12/h1-6H,(H,8,11). The van der Waals surface area contributed by atoms with Gasteiger partial charge in [-0.3, -0.25) is 10.4 Å². The first kappa shape index (κ1) is 6.78. The van der Waals surface area contributed by atoms with E-state index in [9.17, 15) is 0 Å². The van der Waals surface area contributed by atoms with E-state index in [4.69, 9.17) is 0 Å². The molecule has 2 aromatic heterocycles. The van der Waals surface area contributed by atoms with E-state index in [1.165, 1.54) is 11.1 Å². The van der Waals surface area contributed by atoms with E-state index in [0.29, 0.717) is 0 Å². The highest BCUT2D eigenvalue weighted by Gasteiger charge is 1.90. The van der Waals surface area contributed by atoms with Crippen molar-refractivity contribution in [2.24, 2.45) is 0 Å². The molecule has 2 rings (SSSR count). The molecule has 0 saturated carbocycles. The van der Waals surface area contributed by atoms with Crippen LogP contribution in [0, 0.1) is 0 Å². The normalized spacial score (nSPS) is 9.67. The third-order valence-electron chi connectivity index (χ3n) is 1.34. The fraction of sp³-hybridized carbons (Fsp3) is 0. The van der Waals surface area contributed by atoms with Gasteiger partial charge in [0.1, 0.15) is 12.7 Å². The predicted molar refractivity (Wildman–Crippen MR) is 43.3 cm³/mol. The Bertz CT molecular complexity index is 328. The summed E-state index contributed by atoms with van der Waals surface area (Å²) in [7, 11) is 0. The number of nitrogens with one attached hydrogen (secondary N) is 1. The van der Waals surface area contributed by atoms with Crippen molar-refractivity contribution in [2.45, 2.75) is 0 Å². The SMILES string of the molecule is c1cc(Nn2cncn2)ccn1. The van der Waals surface area contributed by atoms with Gasteiger partial charge in [-0.15, -0.1) is 5.10 Å². The van der Waals surface area contributed by atoms with Crippen molar-refractivity contribution in [3.63, 3.8) is 0 Å². The lowest BCUT2D eigenvalue weighted by Gasteiger charge is -2.02. The van der Waals surface area contributed by atoms with Crippen LogP contribution in [0.25, 0.3) is 0 Å². The van der Waals surface area contributed by atoms with Crippen molar-refractivity contribution < 1.29 is 0 Å². The van der Waals surface area contributed by atoms with Crippen molar-refractivity contribution in [2.75, 3.05) is 5.43 Å². The molecular formula is C7H7N5. The monoisotopic (exact) mass is 161 g/mol. The molecule has 2 aromatic rings. The molecule has 60 valence electrons. The first-order valence-electron chi connectivity index (χ1n) is 3.47. The molecule has 1 N–H and O–H groups in total. The van der Waals surface area contributed by atoms with Crippen molar-refractivity contribution in [1.29, 1.82) is 0 Å². The first-order valence-corrected chi connectivity index (χ1v) is 3.47. The second-order valence-corrected chi connectivity index (χ2v) is 2.19. The van der Waals surface area contributed by atoms with Crippen LogP contribution in [0.5, 0.6) is 0 Å². The van der Waals surface area contributed by atoms with Gasteiger partial charge >= 0.3 is 0 Å². The Morgan fingerprint density at radius 1 is 1.17 bits per heavy atom. The Balaban J connectivity index is 2.15. The maximum absolute atomic E-state index is 3.89. The molecule has 12 heavy (non-hydrogen) atoms. The van der Waals surface area contributed by atoms with Crippen molar-refractivity contribution in [1.82, 2.24) is 19.9 Å². The molecule has 0 aromatic carbocycles. The van der Waals surface area contributed by atoms with Crippen LogP contribution in [-0.4, -0.2) is 19.9 Å². The quantitative estimate of drug-likeness (QED) is 0.698. The summed E-state index contributed by atoms with van der Waals surface area (Å²) in [5, 5.41) is 3.89. The molecule has 0 spiro atoms. The van der Waals surface area contributed by atoms with Crippen molar-refractivity contribution in [3.8, 4) is 0 Å². The fourth-order valence-electron chi connectivity index (χ4n) is 0.825. The van der Waals surface area contributed by atoms with Gasteiger partial charge in [0.2, 0.25) is 0 Å². The zero-order valence-corrected chi connectivity index (χ0v) is 6.25. The fourth-order valence-corrected chi connectivity index (χ4v) is 0.825. The van der Waals surface area contributed by atoms with Gasteiger partial charge in [-0.2, -0.15) is 4.79 Å². The third-order valence-corrected chi connectivity index (χ3v) is 1.34. The molecular weight excluding hydrogens is 154 g/mol. The van der Waals surface area contributed by atoms with Crippen LogP contribution in [0.4, 0.5) is 5.69 Å². The molecule has 0 radical (unpaired) electrons. The molecule has 0 saturated heterocycles. The molecule has 5 nitrogen and oxygen atoms in total. The van der Waals surface area contributed by atoms with Gasteiger partial charge in [0.05, 0.1) is 5.69 Å². The molecule has 0 fully saturated rings. The van der Waals surface area contributed by atoms with Crippen LogP contribution < -0.4 is 5.43 Å². The van der Waals surface area contributed by atoms with E-state index in [2.05, 4.69) is 20.5 Å². The molecule has 0 aliphatic rings. The third kappa shape index (κ3) is 1.39. The van der Waals surface area contributed by atoms with E-state index in [-0.39, 0.29) is 0 Å². The Morgan fingerprint density at radius 3 is 2.67 bits per heavy atom. The van der Waals surface area contributed by atoms with Crippen LogP contribution in [0.2, 0.25) is 0 Å². The summed E-state index contributed by atoms with van der Waals surface area (Å²) in [6, 6.07) is 3.70. The molecule has 0 bridgehead atoms. The van der Waals surface area contributed by atoms with E-state index < -0.39 is 0 Å². The first-order chi connectivity index (χ1) is 5.95. The summed E-state index contributed by atoms with van der Waals surface area (Å²) >= 11 is 0. The molecule has 0 amide bonds. The number of pyridine rings is 1. The van der Waals surface area contributed by atoms with Crippen molar-refractivity contribution in [3.05, 3.63) is 37.2 Å². The van der Waals surface area contributed by atoms with Crippen LogP contribution in [-0.2, 0) is 0 Å². The lowest BCUT2D eigenvalue weighted by atomic mass is 10.4. The minimum atomic E-state index is 0.926. The molecule has 0 aliphatic heterocycles. The largest absolute Gasteiger partial charge is 0.277 e. The highest BCUT2D eigenvalue weighted by Crippen LogP contribution is 2.01. The summed E-state index contributed by atoms with van der Waals surface area (Å²) in [5.74, 6) is 0. The number of rotatable bonds is 2. The Hall–Kier alpha value is -1.91. The highest BCUT2D eigenvalue weighted by atomic mass is 15.6. The van der Waals surface area contributed by atoms with E-state index in [1.54, 1.807) is 18.7 Å². The van der Waals surface area contributed by atoms with Gasteiger partial charge in [0.15, 0.2) is 0 Å². The highest BCUT2D eigenvalue weighted by molar-refractivity contribution is 5.39. The maximum atomic E-state index is 3.89. The van der Waals surface area contributed by atoms with Gasteiger partial charge in [-0.25, -0.2) is 4.98 Å². The minimum absolute atomic E-state index is 0.926. The molecule has 0 atom stereocenters. The number of hydrogen-bond acceptors (Lipinski definition) is 4. The topological polar surface area (TPSA) is 55.6 Å². The summed E-state index contributed by atoms with van der Waals surface area (Å²) in [4.78, 5) is 9.20.